The summed E-state index contributed by atoms with van der Waals surface area (Å²) in [6, 6.07) is 0. The fraction of sp³-hybridized carbons (Fsp3) is 0.273. The van der Waals surface area contributed by atoms with Gasteiger partial charge in [0.2, 0.25) is 0 Å². The van der Waals surface area contributed by atoms with Crippen LogP contribution >= 0.6 is 34.8 Å². The van der Waals surface area contributed by atoms with Crippen molar-refractivity contribution in [1.82, 2.24) is 5.32 Å². The molecule has 0 unspecified atom stereocenters. The molecule has 0 aliphatic carbocycles. The Bertz CT molecular complexity index is 623. The van der Waals surface area contributed by atoms with E-state index in [1.165, 1.54) is 0 Å². The second-order valence-electron chi connectivity index (χ2n) is 3.70. The Labute approximate surface area is 139 Å². The van der Waals surface area contributed by atoms with Gasteiger partial charge in [-0.2, -0.15) is 4.98 Å². The third-order valence-corrected chi connectivity index (χ3v) is 3.34. The Kier molecular flexibility index (Phi) is 6.66. The highest BCUT2D eigenvalue weighted by Gasteiger charge is 2.28. The number of anilines is 1. The predicted molar refractivity (Wildman–Crippen MR) is 77.9 cm³/mol. The molecule has 0 bridgehead atoms. The van der Waals surface area contributed by atoms with Crippen molar-refractivity contribution in [1.29, 1.82) is 0 Å². The molecule has 0 radical (unpaired) electrons. The first-order valence-electron chi connectivity index (χ1n) is 5.76. The van der Waals surface area contributed by atoms with E-state index in [9.17, 15) is 14.4 Å². The molecule has 0 aliphatic heterocycles. The van der Waals surface area contributed by atoms with Gasteiger partial charge < -0.3 is 15.2 Å². The summed E-state index contributed by atoms with van der Waals surface area (Å²) in [7, 11) is 0. The lowest BCUT2D eigenvalue weighted by Gasteiger charge is -2.06. The van der Waals surface area contributed by atoms with E-state index in [1.54, 1.807) is 6.92 Å². The number of hydrogen-bond acceptors (Lipinski definition) is 6. The largest absolute Gasteiger partial charge is 0.450 e. The Hall–Kier alpha value is -1.77. The van der Waals surface area contributed by atoms with Crippen LogP contribution in [0.3, 0.4) is 0 Å². The van der Waals surface area contributed by atoms with E-state index in [-0.39, 0.29) is 33.2 Å². The number of aromatic nitrogens is 1. The van der Waals surface area contributed by atoms with E-state index in [2.05, 4.69) is 14.5 Å². The molecule has 120 valence electrons. The zero-order valence-electron chi connectivity index (χ0n) is 11.2. The third kappa shape index (κ3) is 4.62. The molecule has 4 N–H and O–H groups in total. The number of amides is 2. The average molecular weight is 372 g/mol. The molecule has 0 saturated heterocycles. The monoisotopic (exact) mass is 370 g/mol. The molecular weight excluding hydrogens is 360 g/mol. The number of pyridine rings is 1. The van der Waals surface area contributed by atoms with Gasteiger partial charge in [0.1, 0.15) is 10.0 Å². The molecule has 1 aromatic heterocycles. The van der Waals surface area contributed by atoms with E-state index in [1.807, 2.05) is 5.32 Å². The van der Waals surface area contributed by atoms with Crippen LogP contribution in [-0.2, 0) is 14.3 Å². The number of imide groups is 1. The minimum Gasteiger partial charge on any atom is -0.450 e. The summed E-state index contributed by atoms with van der Waals surface area (Å²) in [4.78, 5) is 36.5. The smallest absolute Gasteiger partial charge is 0.413 e. The fourth-order valence-corrected chi connectivity index (χ4v) is 1.84. The molecule has 8 nitrogen and oxygen atoms in total. The Morgan fingerprint density at radius 2 is 1.82 bits per heavy atom. The summed E-state index contributed by atoms with van der Waals surface area (Å²) >= 11 is 17.3. The maximum absolute atomic E-state index is 11.8. The van der Waals surface area contributed by atoms with Crippen molar-refractivity contribution in [3.8, 4) is 0 Å². The van der Waals surface area contributed by atoms with Gasteiger partial charge in [0.05, 0.1) is 12.3 Å². The van der Waals surface area contributed by atoms with Crippen molar-refractivity contribution in [3.05, 3.63) is 20.9 Å². The number of nitrogen functional groups attached to an aromatic ring is 1. The first-order valence-corrected chi connectivity index (χ1v) is 6.90. The zero-order chi connectivity index (χ0) is 16.9. The van der Waals surface area contributed by atoms with Crippen LogP contribution in [0.5, 0.6) is 0 Å². The minimum absolute atomic E-state index is 0.0525. The lowest BCUT2D eigenvalue weighted by molar-refractivity contribution is -0.380. The molecule has 1 aromatic rings. The highest BCUT2D eigenvalue weighted by atomic mass is 35.5. The summed E-state index contributed by atoms with van der Waals surface area (Å²) in [5.74, 6) is -1.88. The standard InChI is InChI=1S/C11H10Cl3N3O5/c1-2-21-11(20)16-4(18)3-22-10(19)8-5(12)7(15)6(13)9(14)17-8/h2-3H2,1H3,(H2,15,17)(H,16,18,20)/p+1. The number of ether oxygens (including phenoxy) is 2. The zero-order valence-corrected chi connectivity index (χ0v) is 13.4. The van der Waals surface area contributed by atoms with Crippen LogP contribution in [0.15, 0.2) is 0 Å². The number of hydrogen-bond donors (Lipinski definition) is 2. The van der Waals surface area contributed by atoms with Gasteiger partial charge in [0, 0.05) is 0 Å². The summed E-state index contributed by atoms with van der Waals surface area (Å²) in [6.45, 7) is 0.921. The lowest BCUT2D eigenvalue weighted by atomic mass is 10.3. The van der Waals surface area contributed by atoms with Gasteiger partial charge >= 0.3 is 17.8 Å². The van der Waals surface area contributed by atoms with E-state index in [0.29, 0.717) is 0 Å². The van der Waals surface area contributed by atoms with Crippen molar-refractivity contribution in [2.45, 2.75) is 6.92 Å². The molecule has 0 spiro atoms. The molecule has 0 aromatic carbocycles. The molecule has 0 atom stereocenters. The number of aromatic amines is 1. The fourth-order valence-electron chi connectivity index (χ4n) is 1.23. The van der Waals surface area contributed by atoms with Gasteiger partial charge in [0.15, 0.2) is 6.61 Å². The molecule has 2 amide bonds. The van der Waals surface area contributed by atoms with Crippen LogP contribution in [0.1, 0.15) is 17.4 Å². The number of carbonyl (C=O) groups excluding carboxylic acids is 3. The van der Waals surface area contributed by atoms with Gasteiger partial charge in [-0.25, -0.2) is 9.59 Å². The van der Waals surface area contributed by atoms with E-state index >= 15 is 0 Å². The Morgan fingerprint density at radius 3 is 2.41 bits per heavy atom. The normalized spacial score (nSPS) is 10.0. The van der Waals surface area contributed by atoms with Crippen molar-refractivity contribution in [2.75, 3.05) is 18.9 Å². The number of esters is 1. The molecule has 0 aliphatic rings. The summed E-state index contributed by atoms with van der Waals surface area (Å²) in [6.07, 6.45) is -0.952. The van der Waals surface area contributed by atoms with Crippen LogP contribution in [0, 0.1) is 0 Å². The van der Waals surface area contributed by atoms with Crippen LogP contribution in [0.2, 0.25) is 15.2 Å². The lowest BCUT2D eigenvalue weighted by Crippen LogP contribution is -2.35. The SMILES string of the molecule is CCOC(=O)NC(=O)COC(=O)c1[nH+]c(Cl)c(Cl)c(N)c1Cl. The summed E-state index contributed by atoms with van der Waals surface area (Å²) in [5.41, 5.74) is 5.16. The molecule has 22 heavy (non-hydrogen) atoms. The quantitative estimate of drug-likeness (QED) is 0.610. The maximum Gasteiger partial charge on any atom is 0.413 e. The number of rotatable bonds is 4. The first kappa shape index (κ1) is 18.3. The average Bonchev–Trinajstić information content (AvgIpc) is 2.46. The van der Waals surface area contributed by atoms with Crippen molar-refractivity contribution in [3.63, 3.8) is 0 Å². The van der Waals surface area contributed by atoms with Crippen LogP contribution in [0.4, 0.5) is 10.5 Å². The van der Waals surface area contributed by atoms with Gasteiger partial charge in [-0.3, -0.25) is 10.1 Å². The van der Waals surface area contributed by atoms with E-state index < -0.39 is 24.6 Å². The van der Waals surface area contributed by atoms with E-state index in [4.69, 9.17) is 40.5 Å². The number of alkyl carbamates (subject to hydrolysis) is 1. The molecule has 0 saturated carbocycles. The molecule has 0 fully saturated rings. The molecule has 11 heteroatoms. The van der Waals surface area contributed by atoms with Crippen molar-refractivity contribution >= 4 is 58.5 Å². The third-order valence-electron chi connectivity index (χ3n) is 2.18. The minimum atomic E-state index is -1.01. The molecular formula is C11H11Cl3N3O5+. The maximum atomic E-state index is 11.8. The number of H-pyrrole nitrogens is 1. The summed E-state index contributed by atoms with van der Waals surface area (Å²) < 4.78 is 9.15. The Balaban J connectivity index is 2.71. The van der Waals surface area contributed by atoms with Crippen LogP contribution in [0.25, 0.3) is 0 Å². The van der Waals surface area contributed by atoms with Crippen LogP contribution < -0.4 is 16.0 Å². The number of nitrogens with one attached hydrogen (secondary N) is 2. The Morgan fingerprint density at radius 1 is 1.18 bits per heavy atom. The van der Waals surface area contributed by atoms with Gasteiger partial charge in [0.25, 0.3) is 11.1 Å². The van der Waals surface area contributed by atoms with Gasteiger partial charge in [-0.15, -0.1) is 0 Å². The second-order valence-corrected chi connectivity index (χ2v) is 4.83. The van der Waals surface area contributed by atoms with Crippen LogP contribution in [-0.4, -0.2) is 31.2 Å². The second kappa shape index (κ2) is 8.02. The van der Waals surface area contributed by atoms with Crippen molar-refractivity contribution < 1.29 is 28.8 Å². The predicted octanol–water partition coefficient (Wildman–Crippen LogP) is 1.47. The highest BCUT2D eigenvalue weighted by molar-refractivity contribution is 6.45. The van der Waals surface area contributed by atoms with Gasteiger partial charge in [-0.1, -0.05) is 23.2 Å². The summed E-state index contributed by atoms with van der Waals surface area (Å²) in [5, 5.41) is 1.47. The van der Waals surface area contributed by atoms with Crippen molar-refractivity contribution in [2.24, 2.45) is 0 Å². The number of carbonyl (C=O) groups is 3. The number of nitrogens with two attached hydrogens (primary N) is 1. The number of halogens is 3. The van der Waals surface area contributed by atoms with E-state index in [0.717, 1.165) is 0 Å². The highest BCUT2D eigenvalue weighted by Crippen LogP contribution is 2.32. The van der Waals surface area contributed by atoms with Gasteiger partial charge in [-0.05, 0) is 18.5 Å². The first-order chi connectivity index (χ1) is 10.3. The molecule has 1 rings (SSSR count). The topological polar surface area (TPSA) is 122 Å². The molecule has 1 heterocycles.